The van der Waals surface area contributed by atoms with Crippen molar-refractivity contribution in [3.05, 3.63) is 24.3 Å². The standard InChI is InChI=1S/C16H24N2O2/c1-11-6-12(2)8-15(7-11)20-10-16(19)18-14-5-3-4-13(17)9-14/h3-5,9,11-12,15H,6-8,10,17H2,1-2H3,(H,18,19). The predicted octanol–water partition coefficient (Wildman–Crippen LogP) is 3.05. The number of ether oxygens (including phenoxy) is 1. The Kier molecular flexibility index (Phi) is 5.01. The maximum atomic E-state index is 11.9. The quantitative estimate of drug-likeness (QED) is 0.831. The first-order valence-corrected chi connectivity index (χ1v) is 7.30. The maximum absolute atomic E-state index is 11.9. The molecule has 0 aliphatic heterocycles. The van der Waals surface area contributed by atoms with Crippen molar-refractivity contribution in [3.8, 4) is 0 Å². The van der Waals surface area contributed by atoms with Crippen molar-refractivity contribution in [2.24, 2.45) is 11.8 Å². The molecule has 0 saturated heterocycles. The molecule has 0 radical (unpaired) electrons. The molecular weight excluding hydrogens is 252 g/mol. The van der Waals surface area contributed by atoms with Crippen LogP contribution in [0, 0.1) is 11.8 Å². The summed E-state index contributed by atoms with van der Waals surface area (Å²) in [5.74, 6) is 1.24. The van der Waals surface area contributed by atoms with Gasteiger partial charge in [-0.1, -0.05) is 19.9 Å². The normalized spacial score (nSPS) is 26.2. The molecule has 1 aliphatic rings. The van der Waals surface area contributed by atoms with Crippen LogP contribution in [0.1, 0.15) is 33.1 Å². The Morgan fingerprint density at radius 3 is 2.65 bits per heavy atom. The minimum atomic E-state index is -0.124. The predicted molar refractivity (Wildman–Crippen MR) is 81.4 cm³/mol. The summed E-state index contributed by atoms with van der Waals surface area (Å²) in [6, 6.07) is 7.16. The number of hydrogen-bond acceptors (Lipinski definition) is 3. The third-order valence-electron chi connectivity index (χ3n) is 3.76. The molecule has 0 spiro atoms. The van der Waals surface area contributed by atoms with E-state index in [-0.39, 0.29) is 18.6 Å². The topological polar surface area (TPSA) is 64.3 Å². The van der Waals surface area contributed by atoms with Crippen molar-refractivity contribution in [2.75, 3.05) is 17.7 Å². The summed E-state index contributed by atoms with van der Waals surface area (Å²) >= 11 is 0. The van der Waals surface area contributed by atoms with Crippen molar-refractivity contribution >= 4 is 17.3 Å². The number of nitrogens with two attached hydrogens (primary N) is 1. The zero-order valence-corrected chi connectivity index (χ0v) is 12.3. The second-order valence-electron chi connectivity index (χ2n) is 6.02. The average molecular weight is 276 g/mol. The first kappa shape index (κ1) is 14.9. The fourth-order valence-corrected chi connectivity index (χ4v) is 3.02. The van der Waals surface area contributed by atoms with Gasteiger partial charge in [0.1, 0.15) is 6.61 Å². The molecule has 2 atom stereocenters. The lowest BCUT2D eigenvalue weighted by atomic mass is 9.82. The van der Waals surface area contributed by atoms with Crippen molar-refractivity contribution < 1.29 is 9.53 Å². The third kappa shape index (κ3) is 4.53. The zero-order valence-electron chi connectivity index (χ0n) is 12.3. The maximum Gasteiger partial charge on any atom is 0.250 e. The Morgan fingerprint density at radius 2 is 2.00 bits per heavy atom. The Bertz CT molecular complexity index is 452. The number of amides is 1. The molecular formula is C16H24N2O2. The minimum Gasteiger partial charge on any atom is -0.399 e. The number of rotatable bonds is 4. The SMILES string of the molecule is CC1CC(C)CC(OCC(=O)Nc2cccc(N)c2)C1. The summed E-state index contributed by atoms with van der Waals surface area (Å²) in [5, 5.41) is 2.80. The van der Waals surface area contributed by atoms with Crippen LogP contribution in [0.4, 0.5) is 11.4 Å². The number of carbonyl (C=O) groups is 1. The van der Waals surface area contributed by atoms with E-state index in [9.17, 15) is 4.79 Å². The van der Waals surface area contributed by atoms with Crippen LogP contribution in [0.15, 0.2) is 24.3 Å². The van der Waals surface area contributed by atoms with Gasteiger partial charge in [-0.2, -0.15) is 0 Å². The lowest BCUT2D eigenvalue weighted by molar-refractivity contribution is -0.124. The average Bonchev–Trinajstić information content (AvgIpc) is 2.35. The van der Waals surface area contributed by atoms with Crippen molar-refractivity contribution in [3.63, 3.8) is 0 Å². The van der Waals surface area contributed by atoms with Crippen LogP contribution < -0.4 is 11.1 Å². The van der Waals surface area contributed by atoms with Gasteiger partial charge in [-0.25, -0.2) is 0 Å². The molecule has 110 valence electrons. The Morgan fingerprint density at radius 1 is 1.30 bits per heavy atom. The van der Waals surface area contributed by atoms with E-state index in [4.69, 9.17) is 10.5 Å². The molecule has 1 aromatic carbocycles. The number of nitrogens with one attached hydrogen (secondary N) is 1. The van der Waals surface area contributed by atoms with Crippen LogP contribution in [0.25, 0.3) is 0 Å². The van der Waals surface area contributed by atoms with Crippen LogP contribution in [-0.2, 0) is 9.53 Å². The number of nitrogen functional groups attached to an aromatic ring is 1. The molecule has 20 heavy (non-hydrogen) atoms. The van der Waals surface area contributed by atoms with Gasteiger partial charge in [0.2, 0.25) is 5.91 Å². The van der Waals surface area contributed by atoms with E-state index in [1.165, 1.54) is 6.42 Å². The monoisotopic (exact) mass is 276 g/mol. The minimum absolute atomic E-state index is 0.110. The van der Waals surface area contributed by atoms with E-state index >= 15 is 0 Å². The van der Waals surface area contributed by atoms with Crippen LogP contribution in [0.2, 0.25) is 0 Å². The van der Waals surface area contributed by atoms with Gasteiger partial charge in [-0.3, -0.25) is 4.79 Å². The first-order chi connectivity index (χ1) is 9.52. The smallest absolute Gasteiger partial charge is 0.250 e. The fourth-order valence-electron chi connectivity index (χ4n) is 3.02. The number of anilines is 2. The van der Waals surface area contributed by atoms with E-state index in [0.717, 1.165) is 12.8 Å². The molecule has 0 bridgehead atoms. The zero-order chi connectivity index (χ0) is 14.5. The van der Waals surface area contributed by atoms with Gasteiger partial charge in [0, 0.05) is 11.4 Å². The van der Waals surface area contributed by atoms with Gasteiger partial charge in [0.15, 0.2) is 0 Å². The lowest BCUT2D eigenvalue weighted by Crippen LogP contribution is -2.29. The summed E-state index contributed by atoms with van der Waals surface area (Å²) in [4.78, 5) is 11.9. The molecule has 1 saturated carbocycles. The molecule has 1 amide bonds. The van der Waals surface area contributed by atoms with Crippen molar-refractivity contribution in [2.45, 2.75) is 39.2 Å². The molecule has 1 aliphatic carbocycles. The Labute approximate surface area is 120 Å². The lowest BCUT2D eigenvalue weighted by Gasteiger charge is -2.31. The van der Waals surface area contributed by atoms with E-state index < -0.39 is 0 Å². The Balaban J connectivity index is 1.77. The molecule has 0 heterocycles. The van der Waals surface area contributed by atoms with Crippen LogP contribution >= 0.6 is 0 Å². The van der Waals surface area contributed by atoms with Gasteiger partial charge in [-0.05, 0) is 49.3 Å². The van der Waals surface area contributed by atoms with E-state index in [1.54, 1.807) is 12.1 Å². The molecule has 2 rings (SSSR count). The fraction of sp³-hybridized carbons (Fsp3) is 0.562. The van der Waals surface area contributed by atoms with Gasteiger partial charge in [0.05, 0.1) is 6.10 Å². The largest absolute Gasteiger partial charge is 0.399 e. The summed E-state index contributed by atoms with van der Waals surface area (Å²) in [7, 11) is 0. The summed E-state index contributed by atoms with van der Waals surface area (Å²) < 4.78 is 5.74. The molecule has 4 nitrogen and oxygen atoms in total. The summed E-state index contributed by atoms with van der Waals surface area (Å²) in [5.41, 5.74) is 7.02. The molecule has 1 aromatic rings. The van der Waals surface area contributed by atoms with Gasteiger partial charge >= 0.3 is 0 Å². The highest BCUT2D eigenvalue weighted by atomic mass is 16.5. The van der Waals surface area contributed by atoms with E-state index in [0.29, 0.717) is 23.2 Å². The van der Waals surface area contributed by atoms with Gasteiger partial charge in [0.25, 0.3) is 0 Å². The van der Waals surface area contributed by atoms with E-state index in [1.807, 2.05) is 12.1 Å². The molecule has 4 heteroatoms. The van der Waals surface area contributed by atoms with E-state index in [2.05, 4.69) is 19.2 Å². The second-order valence-corrected chi connectivity index (χ2v) is 6.02. The summed E-state index contributed by atoms with van der Waals surface area (Å²) in [6.45, 7) is 4.61. The first-order valence-electron chi connectivity index (χ1n) is 7.30. The third-order valence-corrected chi connectivity index (χ3v) is 3.76. The molecule has 1 fully saturated rings. The van der Waals surface area contributed by atoms with Gasteiger partial charge < -0.3 is 15.8 Å². The summed E-state index contributed by atoms with van der Waals surface area (Å²) in [6.07, 6.45) is 3.57. The Hall–Kier alpha value is -1.55. The van der Waals surface area contributed by atoms with Crippen molar-refractivity contribution in [1.29, 1.82) is 0 Å². The second kappa shape index (κ2) is 6.75. The number of benzene rings is 1. The number of hydrogen-bond donors (Lipinski definition) is 2. The highest BCUT2D eigenvalue weighted by Gasteiger charge is 2.24. The van der Waals surface area contributed by atoms with Crippen LogP contribution in [-0.4, -0.2) is 18.6 Å². The molecule has 3 N–H and O–H groups in total. The highest BCUT2D eigenvalue weighted by Crippen LogP contribution is 2.30. The van der Waals surface area contributed by atoms with Crippen LogP contribution in [0.5, 0.6) is 0 Å². The molecule has 0 aromatic heterocycles. The highest BCUT2D eigenvalue weighted by molar-refractivity contribution is 5.92. The number of carbonyl (C=O) groups excluding carboxylic acids is 1. The molecule has 2 unspecified atom stereocenters. The van der Waals surface area contributed by atoms with Gasteiger partial charge in [-0.15, -0.1) is 0 Å². The van der Waals surface area contributed by atoms with Crippen molar-refractivity contribution in [1.82, 2.24) is 0 Å². The van der Waals surface area contributed by atoms with Crippen LogP contribution in [0.3, 0.4) is 0 Å².